The minimum Gasteiger partial charge on any atom is -0.496 e. The van der Waals surface area contributed by atoms with Crippen LogP contribution < -0.4 is 10.1 Å². The summed E-state index contributed by atoms with van der Waals surface area (Å²) < 4.78 is 5.25. The highest BCUT2D eigenvalue weighted by atomic mass is 35.5. The van der Waals surface area contributed by atoms with Crippen LogP contribution in [-0.4, -0.2) is 37.9 Å². The van der Waals surface area contributed by atoms with E-state index in [0.717, 1.165) is 5.56 Å². The highest BCUT2D eigenvalue weighted by Crippen LogP contribution is 2.28. The number of amides is 2. The zero-order valence-electron chi connectivity index (χ0n) is 15.6. The fourth-order valence-electron chi connectivity index (χ4n) is 2.48. The number of halogens is 1. The van der Waals surface area contributed by atoms with Crippen molar-refractivity contribution in [1.82, 2.24) is 4.90 Å². The maximum Gasteiger partial charge on any atom is 0.257 e. The first-order valence-electron chi connectivity index (χ1n) is 8.14. The number of benzene rings is 2. The van der Waals surface area contributed by atoms with E-state index in [1.165, 1.54) is 12.0 Å². The Morgan fingerprint density at radius 3 is 2.23 bits per heavy atom. The van der Waals surface area contributed by atoms with Gasteiger partial charge in [-0.1, -0.05) is 23.7 Å². The summed E-state index contributed by atoms with van der Waals surface area (Å²) in [5.74, 6) is 0.0711. The Morgan fingerprint density at radius 2 is 1.69 bits per heavy atom. The molecule has 5 nitrogen and oxygen atoms in total. The zero-order valence-corrected chi connectivity index (χ0v) is 16.3. The molecule has 2 aromatic rings. The van der Waals surface area contributed by atoms with Crippen LogP contribution in [0.25, 0.3) is 0 Å². The molecule has 0 unspecified atom stereocenters. The van der Waals surface area contributed by atoms with E-state index in [1.807, 2.05) is 26.0 Å². The van der Waals surface area contributed by atoms with Crippen LogP contribution in [0, 0.1) is 0 Å². The van der Waals surface area contributed by atoms with Crippen LogP contribution in [0.5, 0.6) is 5.75 Å². The molecule has 6 heteroatoms. The van der Waals surface area contributed by atoms with Crippen molar-refractivity contribution >= 4 is 29.1 Å². The van der Waals surface area contributed by atoms with E-state index in [0.29, 0.717) is 22.0 Å². The van der Waals surface area contributed by atoms with Gasteiger partial charge in [-0.05, 0) is 49.7 Å². The maximum absolute atomic E-state index is 12.8. The molecule has 1 N–H and O–H groups in total. The van der Waals surface area contributed by atoms with Crippen molar-refractivity contribution in [2.24, 2.45) is 0 Å². The molecular formula is C20H23ClN2O3. The van der Waals surface area contributed by atoms with E-state index in [9.17, 15) is 9.59 Å². The Morgan fingerprint density at radius 1 is 1.08 bits per heavy atom. The first-order chi connectivity index (χ1) is 12.2. The molecule has 26 heavy (non-hydrogen) atoms. The van der Waals surface area contributed by atoms with Crippen LogP contribution in [0.15, 0.2) is 42.5 Å². The molecule has 0 aliphatic heterocycles. The van der Waals surface area contributed by atoms with Gasteiger partial charge in [-0.2, -0.15) is 0 Å². The van der Waals surface area contributed by atoms with Crippen LogP contribution in [-0.2, 0) is 10.2 Å². The van der Waals surface area contributed by atoms with Crippen LogP contribution in [0.1, 0.15) is 29.8 Å². The molecule has 0 aliphatic rings. The molecule has 2 amide bonds. The quantitative estimate of drug-likeness (QED) is 0.861. The third-order valence-electron chi connectivity index (χ3n) is 4.23. The van der Waals surface area contributed by atoms with E-state index in [-0.39, 0.29) is 11.8 Å². The van der Waals surface area contributed by atoms with E-state index < -0.39 is 5.41 Å². The highest BCUT2D eigenvalue weighted by Gasteiger charge is 2.30. The minimum atomic E-state index is -0.768. The number of ether oxygens (including phenoxy) is 1. The largest absolute Gasteiger partial charge is 0.496 e. The summed E-state index contributed by atoms with van der Waals surface area (Å²) in [7, 11) is 4.83. The van der Waals surface area contributed by atoms with Crippen molar-refractivity contribution in [2.75, 3.05) is 26.5 Å². The van der Waals surface area contributed by atoms with Crippen molar-refractivity contribution in [3.05, 3.63) is 58.6 Å². The lowest BCUT2D eigenvalue weighted by Gasteiger charge is -2.24. The van der Waals surface area contributed by atoms with Gasteiger partial charge in [0, 0.05) is 24.8 Å². The molecule has 0 bridgehead atoms. The number of nitrogens with one attached hydrogen (secondary N) is 1. The van der Waals surface area contributed by atoms with Gasteiger partial charge < -0.3 is 15.0 Å². The smallest absolute Gasteiger partial charge is 0.257 e. The van der Waals surface area contributed by atoms with Crippen molar-refractivity contribution in [3.63, 3.8) is 0 Å². The van der Waals surface area contributed by atoms with Gasteiger partial charge in [0.25, 0.3) is 5.91 Å². The summed E-state index contributed by atoms with van der Waals surface area (Å²) in [6.45, 7) is 3.67. The van der Waals surface area contributed by atoms with Crippen LogP contribution in [0.3, 0.4) is 0 Å². The summed E-state index contributed by atoms with van der Waals surface area (Å²) in [6, 6.07) is 12.2. The number of hydrogen-bond donors (Lipinski definition) is 1. The van der Waals surface area contributed by atoms with Crippen LogP contribution in [0.4, 0.5) is 5.69 Å². The van der Waals surface area contributed by atoms with Gasteiger partial charge in [0.05, 0.1) is 18.1 Å². The average Bonchev–Trinajstić information content (AvgIpc) is 2.61. The number of anilines is 1. The number of rotatable bonds is 5. The predicted octanol–water partition coefficient (Wildman–Crippen LogP) is 3.97. The van der Waals surface area contributed by atoms with Crippen LogP contribution in [0.2, 0.25) is 5.02 Å². The molecule has 0 fully saturated rings. The van der Waals surface area contributed by atoms with Gasteiger partial charge in [-0.3, -0.25) is 9.59 Å². The molecule has 2 aromatic carbocycles. The summed E-state index contributed by atoms with van der Waals surface area (Å²) in [4.78, 5) is 26.6. The molecule has 0 atom stereocenters. The Labute approximate surface area is 158 Å². The number of hydrogen-bond acceptors (Lipinski definition) is 3. The topological polar surface area (TPSA) is 58.6 Å². The fraction of sp³-hybridized carbons (Fsp3) is 0.300. The predicted molar refractivity (Wildman–Crippen MR) is 104 cm³/mol. The number of carbonyl (C=O) groups is 2. The Balaban J connectivity index is 2.29. The molecular weight excluding hydrogens is 352 g/mol. The van der Waals surface area contributed by atoms with Gasteiger partial charge in [0.1, 0.15) is 5.75 Å². The monoisotopic (exact) mass is 374 g/mol. The normalized spacial score (nSPS) is 11.0. The Kier molecular flexibility index (Phi) is 5.93. The maximum atomic E-state index is 12.8. The second-order valence-corrected chi connectivity index (χ2v) is 7.14. The molecule has 138 valence electrons. The van der Waals surface area contributed by atoms with Crippen molar-refractivity contribution in [3.8, 4) is 5.75 Å². The molecule has 0 aromatic heterocycles. The molecule has 0 saturated carbocycles. The number of methoxy groups -OCH3 is 1. The van der Waals surface area contributed by atoms with Crippen molar-refractivity contribution < 1.29 is 14.3 Å². The minimum absolute atomic E-state index is 0.187. The van der Waals surface area contributed by atoms with E-state index in [2.05, 4.69) is 5.32 Å². The third-order valence-corrected chi connectivity index (χ3v) is 4.48. The van der Waals surface area contributed by atoms with Gasteiger partial charge >= 0.3 is 0 Å². The Hall–Kier alpha value is -2.53. The molecule has 0 heterocycles. The van der Waals surface area contributed by atoms with Gasteiger partial charge in [0.15, 0.2) is 0 Å². The molecule has 2 rings (SSSR count). The zero-order chi connectivity index (χ0) is 19.5. The van der Waals surface area contributed by atoms with Crippen LogP contribution >= 0.6 is 11.6 Å². The average molecular weight is 375 g/mol. The molecule has 0 aliphatic carbocycles. The molecule has 0 radical (unpaired) electrons. The van der Waals surface area contributed by atoms with E-state index in [4.69, 9.17) is 16.3 Å². The standard InChI is InChI=1S/C20H23ClN2O3/c1-20(2,13-6-8-14(21)9-7-13)19(25)22-15-10-11-17(26-5)16(12-15)18(24)23(3)4/h6-12H,1-5H3,(H,22,25). The molecule has 0 spiro atoms. The summed E-state index contributed by atoms with van der Waals surface area (Å²) in [5.41, 5.74) is 0.996. The first-order valence-corrected chi connectivity index (χ1v) is 8.52. The van der Waals surface area contributed by atoms with Crippen molar-refractivity contribution in [1.29, 1.82) is 0 Å². The third kappa shape index (κ3) is 4.17. The van der Waals surface area contributed by atoms with Gasteiger partial charge in [0.2, 0.25) is 5.91 Å². The van der Waals surface area contributed by atoms with Gasteiger partial charge in [-0.25, -0.2) is 0 Å². The lowest BCUT2D eigenvalue weighted by molar-refractivity contribution is -0.120. The van der Waals surface area contributed by atoms with E-state index >= 15 is 0 Å². The lowest BCUT2D eigenvalue weighted by atomic mass is 9.83. The number of carbonyl (C=O) groups excluding carboxylic acids is 2. The molecule has 0 saturated heterocycles. The Bertz CT molecular complexity index is 814. The SMILES string of the molecule is COc1ccc(NC(=O)C(C)(C)c2ccc(Cl)cc2)cc1C(=O)N(C)C. The van der Waals surface area contributed by atoms with E-state index in [1.54, 1.807) is 44.4 Å². The summed E-state index contributed by atoms with van der Waals surface area (Å²) in [6.07, 6.45) is 0. The first kappa shape index (κ1) is 19.8. The second-order valence-electron chi connectivity index (χ2n) is 6.70. The van der Waals surface area contributed by atoms with Crippen molar-refractivity contribution in [2.45, 2.75) is 19.3 Å². The summed E-state index contributed by atoms with van der Waals surface area (Å²) in [5, 5.41) is 3.50. The number of nitrogens with zero attached hydrogens (tertiary/aromatic N) is 1. The van der Waals surface area contributed by atoms with Gasteiger partial charge in [-0.15, -0.1) is 0 Å². The lowest BCUT2D eigenvalue weighted by Crippen LogP contribution is -2.34. The highest BCUT2D eigenvalue weighted by molar-refractivity contribution is 6.30. The second kappa shape index (κ2) is 7.79. The summed E-state index contributed by atoms with van der Waals surface area (Å²) >= 11 is 5.92. The fourth-order valence-corrected chi connectivity index (χ4v) is 2.60.